The van der Waals surface area contributed by atoms with Crippen molar-refractivity contribution in [2.24, 2.45) is 5.73 Å². The van der Waals surface area contributed by atoms with Crippen molar-refractivity contribution in [3.8, 4) is 0 Å². The Balaban J connectivity index is 1.93. The van der Waals surface area contributed by atoms with E-state index >= 15 is 0 Å². The molecule has 2 aliphatic rings. The van der Waals surface area contributed by atoms with Crippen molar-refractivity contribution in [2.75, 3.05) is 5.32 Å². The van der Waals surface area contributed by atoms with Gasteiger partial charge in [0.15, 0.2) is 5.78 Å². The first-order valence-corrected chi connectivity index (χ1v) is 8.10. The maximum Gasteiger partial charge on any atom is 0.254 e. The van der Waals surface area contributed by atoms with E-state index in [2.05, 4.69) is 10.4 Å². The molecule has 0 bridgehead atoms. The quantitative estimate of drug-likeness (QED) is 0.877. The number of ketones is 1. The monoisotopic (exact) mass is 342 g/mol. The number of carbonyl (C=O) groups excluding carboxylic acids is 2. The normalized spacial score (nSPS) is 19.5. The van der Waals surface area contributed by atoms with E-state index < -0.39 is 5.91 Å². The standard InChI is InChI=1S/C17H15ClN4O2/c18-10-6-4-9(5-7-10)15-14-12(2-1-3-13(14)23)21-17-11(16(19)24)8-20-22(15)17/h4-8,15,21H,1-3H2,(H2,19,24)/t15-/m0/s1. The van der Waals surface area contributed by atoms with Gasteiger partial charge in [-0.2, -0.15) is 5.10 Å². The van der Waals surface area contributed by atoms with Crippen molar-refractivity contribution in [2.45, 2.75) is 25.3 Å². The van der Waals surface area contributed by atoms with E-state index in [-0.39, 0.29) is 11.8 Å². The predicted molar refractivity (Wildman–Crippen MR) is 89.8 cm³/mol. The van der Waals surface area contributed by atoms with Gasteiger partial charge in [0.05, 0.1) is 6.20 Å². The van der Waals surface area contributed by atoms with Crippen molar-refractivity contribution in [3.63, 3.8) is 0 Å². The summed E-state index contributed by atoms with van der Waals surface area (Å²) in [6.07, 6.45) is 3.51. The fourth-order valence-corrected chi connectivity index (χ4v) is 3.52. The SMILES string of the molecule is NC(=O)c1cnn2c1NC1=C(C(=O)CCC1)[C@@H]2c1ccc(Cl)cc1. The van der Waals surface area contributed by atoms with Crippen LogP contribution in [0.3, 0.4) is 0 Å². The van der Waals surface area contributed by atoms with Gasteiger partial charge in [-0.05, 0) is 30.5 Å². The minimum Gasteiger partial charge on any atom is -0.365 e. The van der Waals surface area contributed by atoms with Crippen molar-refractivity contribution < 1.29 is 9.59 Å². The first-order valence-electron chi connectivity index (χ1n) is 7.72. The molecule has 1 aromatic carbocycles. The van der Waals surface area contributed by atoms with Crippen LogP contribution in [0.5, 0.6) is 0 Å². The molecule has 2 heterocycles. The van der Waals surface area contributed by atoms with Crippen LogP contribution >= 0.6 is 11.6 Å². The fourth-order valence-electron chi connectivity index (χ4n) is 3.39. The highest BCUT2D eigenvalue weighted by molar-refractivity contribution is 6.30. The summed E-state index contributed by atoms with van der Waals surface area (Å²) in [5, 5.41) is 8.14. The van der Waals surface area contributed by atoms with E-state index in [4.69, 9.17) is 17.3 Å². The molecule has 2 aromatic rings. The lowest BCUT2D eigenvalue weighted by molar-refractivity contribution is -0.116. The summed E-state index contributed by atoms with van der Waals surface area (Å²) in [6, 6.07) is 6.94. The molecule has 3 N–H and O–H groups in total. The number of Topliss-reactive ketones (excluding diaryl/α,β-unsaturated/α-hetero) is 1. The topological polar surface area (TPSA) is 90.0 Å². The molecule has 1 aromatic heterocycles. The fraction of sp³-hybridized carbons (Fsp3) is 0.235. The Bertz CT molecular complexity index is 882. The van der Waals surface area contributed by atoms with Gasteiger partial charge in [-0.15, -0.1) is 0 Å². The van der Waals surface area contributed by atoms with Gasteiger partial charge < -0.3 is 11.1 Å². The molecule has 1 atom stereocenters. The second-order valence-electron chi connectivity index (χ2n) is 5.96. The largest absolute Gasteiger partial charge is 0.365 e. The third-order valence-corrected chi connectivity index (χ3v) is 4.74. The Morgan fingerprint density at radius 1 is 1.29 bits per heavy atom. The Labute approximate surface area is 143 Å². The van der Waals surface area contributed by atoms with Crippen LogP contribution < -0.4 is 11.1 Å². The molecule has 1 amide bonds. The van der Waals surface area contributed by atoms with Crippen molar-refractivity contribution in [1.82, 2.24) is 9.78 Å². The maximum absolute atomic E-state index is 12.6. The van der Waals surface area contributed by atoms with E-state index in [0.717, 1.165) is 24.1 Å². The Hall–Kier alpha value is -2.60. The number of carbonyl (C=O) groups is 2. The van der Waals surface area contributed by atoms with Crippen LogP contribution in [-0.2, 0) is 4.79 Å². The third-order valence-electron chi connectivity index (χ3n) is 4.49. The van der Waals surface area contributed by atoms with E-state index in [9.17, 15) is 9.59 Å². The summed E-state index contributed by atoms with van der Waals surface area (Å²) >= 11 is 5.99. The van der Waals surface area contributed by atoms with Crippen molar-refractivity contribution >= 4 is 29.1 Å². The Kier molecular flexibility index (Phi) is 3.42. The van der Waals surface area contributed by atoms with Gasteiger partial charge in [-0.1, -0.05) is 23.7 Å². The maximum atomic E-state index is 12.6. The second kappa shape index (κ2) is 5.49. The molecule has 1 aliphatic heterocycles. The highest BCUT2D eigenvalue weighted by Crippen LogP contribution is 2.41. The van der Waals surface area contributed by atoms with Crippen LogP contribution in [0.25, 0.3) is 0 Å². The number of nitrogens with two attached hydrogens (primary N) is 1. The number of amides is 1. The van der Waals surface area contributed by atoms with E-state index in [1.54, 1.807) is 16.8 Å². The zero-order chi connectivity index (χ0) is 16.8. The molecule has 122 valence electrons. The lowest BCUT2D eigenvalue weighted by Gasteiger charge is -2.33. The summed E-state index contributed by atoms with van der Waals surface area (Å²) in [4.78, 5) is 24.2. The number of halogens is 1. The molecular formula is C17H15ClN4O2. The number of allylic oxidation sites excluding steroid dienone is 2. The number of fused-ring (bicyclic) bond motifs is 1. The van der Waals surface area contributed by atoms with Crippen LogP contribution in [0, 0.1) is 0 Å². The van der Waals surface area contributed by atoms with Gasteiger partial charge in [0.2, 0.25) is 0 Å². The van der Waals surface area contributed by atoms with Crippen LogP contribution in [0.15, 0.2) is 41.7 Å². The molecule has 4 rings (SSSR count). The Morgan fingerprint density at radius 2 is 2.04 bits per heavy atom. The zero-order valence-corrected chi connectivity index (χ0v) is 13.5. The molecule has 24 heavy (non-hydrogen) atoms. The predicted octanol–water partition coefficient (Wildman–Crippen LogP) is 2.66. The van der Waals surface area contributed by atoms with Gasteiger partial charge in [-0.3, -0.25) is 9.59 Å². The van der Waals surface area contributed by atoms with E-state index in [0.29, 0.717) is 28.4 Å². The second-order valence-corrected chi connectivity index (χ2v) is 6.40. The van der Waals surface area contributed by atoms with Gasteiger partial charge >= 0.3 is 0 Å². The van der Waals surface area contributed by atoms with Gasteiger partial charge in [-0.25, -0.2) is 4.68 Å². The highest BCUT2D eigenvalue weighted by Gasteiger charge is 2.37. The smallest absolute Gasteiger partial charge is 0.254 e. The van der Waals surface area contributed by atoms with Crippen LogP contribution in [-0.4, -0.2) is 21.5 Å². The summed E-state index contributed by atoms with van der Waals surface area (Å²) in [5.41, 5.74) is 8.21. The number of hydrogen-bond acceptors (Lipinski definition) is 4. The first kappa shape index (κ1) is 15.0. The van der Waals surface area contributed by atoms with Crippen LogP contribution in [0.4, 0.5) is 5.82 Å². The first-order chi connectivity index (χ1) is 11.6. The molecular weight excluding hydrogens is 328 g/mol. The van der Waals surface area contributed by atoms with E-state index in [1.807, 2.05) is 12.1 Å². The van der Waals surface area contributed by atoms with Gasteiger partial charge in [0, 0.05) is 22.7 Å². The Morgan fingerprint density at radius 3 is 2.75 bits per heavy atom. The number of nitrogens with one attached hydrogen (secondary N) is 1. The number of aromatic nitrogens is 2. The zero-order valence-electron chi connectivity index (χ0n) is 12.8. The van der Waals surface area contributed by atoms with Crippen LogP contribution in [0.1, 0.15) is 41.2 Å². The van der Waals surface area contributed by atoms with Crippen molar-refractivity contribution in [1.29, 1.82) is 0 Å². The van der Waals surface area contributed by atoms with Crippen molar-refractivity contribution in [3.05, 3.63) is 57.9 Å². The molecule has 0 radical (unpaired) electrons. The lowest BCUT2D eigenvalue weighted by Crippen LogP contribution is -2.32. The van der Waals surface area contributed by atoms with Crippen LogP contribution in [0.2, 0.25) is 5.02 Å². The third kappa shape index (κ3) is 2.22. The number of primary amides is 1. The summed E-state index contributed by atoms with van der Waals surface area (Å²) in [7, 11) is 0. The molecule has 7 heteroatoms. The number of rotatable bonds is 2. The number of hydrogen-bond donors (Lipinski definition) is 2. The average molecular weight is 343 g/mol. The molecule has 0 unspecified atom stereocenters. The summed E-state index contributed by atoms with van der Waals surface area (Å²) in [5.74, 6) is 0.0890. The molecule has 0 saturated carbocycles. The molecule has 0 fully saturated rings. The highest BCUT2D eigenvalue weighted by atomic mass is 35.5. The van der Waals surface area contributed by atoms with Gasteiger partial charge in [0.1, 0.15) is 17.4 Å². The number of nitrogens with zero attached hydrogens (tertiary/aromatic N) is 2. The molecule has 6 nitrogen and oxygen atoms in total. The number of anilines is 1. The summed E-state index contributed by atoms with van der Waals surface area (Å²) < 4.78 is 1.66. The van der Waals surface area contributed by atoms with E-state index in [1.165, 1.54) is 6.20 Å². The molecule has 0 spiro atoms. The number of benzene rings is 1. The minimum absolute atomic E-state index is 0.102. The average Bonchev–Trinajstić information content (AvgIpc) is 2.98. The minimum atomic E-state index is -0.551. The molecule has 0 saturated heterocycles. The lowest BCUT2D eigenvalue weighted by atomic mass is 9.85. The summed E-state index contributed by atoms with van der Waals surface area (Å²) in [6.45, 7) is 0. The molecule has 1 aliphatic carbocycles. The van der Waals surface area contributed by atoms with Gasteiger partial charge in [0.25, 0.3) is 5.91 Å².